The van der Waals surface area contributed by atoms with Crippen LogP contribution in [0.25, 0.3) is 0 Å². The molecule has 9 nitrogen and oxygen atoms in total. The maximum atomic E-state index is 13.3. The van der Waals surface area contributed by atoms with Gasteiger partial charge in [0.25, 0.3) is 5.91 Å². The van der Waals surface area contributed by atoms with Crippen molar-refractivity contribution in [1.82, 2.24) is 9.97 Å². The molecule has 2 aliphatic rings. The summed E-state index contributed by atoms with van der Waals surface area (Å²) in [5.74, 6) is -2.12. The van der Waals surface area contributed by atoms with Gasteiger partial charge in [-0.3, -0.25) is 9.59 Å². The molecule has 1 saturated carbocycles. The Bertz CT molecular complexity index is 732. The van der Waals surface area contributed by atoms with Crippen LogP contribution in [0.1, 0.15) is 37.8 Å². The van der Waals surface area contributed by atoms with Gasteiger partial charge in [0.15, 0.2) is 6.04 Å². The molecule has 2 fully saturated rings. The van der Waals surface area contributed by atoms with Gasteiger partial charge in [-0.1, -0.05) is 0 Å². The number of likely N-dealkylation sites (tertiary alicyclic amines) is 1. The maximum absolute atomic E-state index is 13.3. The van der Waals surface area contributed by atoms with E-state index in [1.807, 2.05) is 0 Å². The lowest BCUT2D eigenvalue weighted by Crippen LogP contribution is -2.68. The second-order valence-electron chi connectivity index (χ2n) is 7.20. The van der Waals surface area contributed by atoms with Gasteiger partial charge in [-0.2, -0.15) is 4.48 Å². The zero-order chi connectivity index (χ0) is 18.9. The molecule has 1 aliphatic heterocycles. The van der Waals surface area contributed by atoms with Crippen LogP contribution in [0.4, 0.5) is 0 Å². The van der Waals surface area contributed by atoms with Crippen LogP contribution >= 0.6 is 0 Å². The maximum Gasteiger partial charge on any atom is 0.338 e. The molecule has 5 N–H and O–H groups in total. The van der Waals surface area contributed by atoms with E-state index in [9.17, 15) is 19.2 Å². The number of primary amides is 1. The number of hydrogen-bond acceptors (Lipinski definition) is 6. The molecule has 0 aromatic carbocycles. The van der Waals surface area contributed by atoms with Crippen LogP contribution in [0.3, 0.4) is 0 Å². The topological polar surface area (TPSA) is 149 Å². The van der Waals surface area contributed by atoms with E-state index in [1.54, 1.807) is 6.20 Å². The number of carbonyl (C=O) groups excluding carboxylic acids is 4. The predicted octanol–water partition coefficient (Wildman–Crippen LogP) is -0.834. The first kappa shape index (κ1) is 18.4. The summed E-state index contributed by atoms with van der Waals surface area (Å²) in [6, 6.07) is -1.89. The standard InChI is InChI=1S/C17H23N5O4/c18-13(7-11-8-20-9-21-11)17(26)22(5-1-2-14(22)15(19)24)16(25)10-3-4-12(23)6-10/h8-10,13-14H,1-7,18H2,(H2-,19,20,21,24)/p+1/t10?,13-,14-,22?/m0/s1. The number of quaternary nitrogens is 1. The van der Waals surface area contributed by atoms with Gasteiger partial charge in [0.05, 0.1) is 18.8 Å². The van der Waals surface area contributed by atoms with Gasteiger partial charge >= 0.3 is 11.8 Å². The van der Waals surface area contributed by atoms with Gasteiger partial charge in [0.1, 0.15) is 11.8 Å². The highest BCUT2D eigenvalue weighted by atomic mass is 16.2. The van der Waals surface area contributed by atoms with Crippen LogP contribution < -0.4 is 11.5 Å². The number of H-pyrrole nitrogens is 1. The van der Waals surface area contributed by atoms with E-state index in [0.717, 1.165) is 0 Å². The largest absolute Gasteiger partial charge is 0.364 e. The minimum absolute atomic E-state index is 0.00512. The fraction of sp³-hybridized carbons (Fsp3) is 0.588. The van der Waals surface area contributed by atoms with E-state index in [1.165, 1.54) is 6.33 Å². The van der Waals surface area contributed by atoms with E-state index in [-0.39, 0.29) is 31.1 Å². The molecule has 3 rings (SSSR count). The van der Waals surface area contributed by atoms with E-state index in [4.69, 9.17) is 11.5 Å². The Kier molecular flexibility index (Phi) is 5.01. The number of hydrogen-bond donors (Lipinski definition) is 3. The van der Waals surface area contributed by atoms with Crippen molar-refractivity contribution in [3.05, 3.63) is 18.2 Å². The van der Waals surface area contributed by atoms with E-state index in [2.05, 4.69) is 9.97 Å². The molecule has 9 heteroatoms. The van der Waals surface area contributed by atoms with Gasteiger partial charge in [-0.25, -0.2) is 14.6 Å². The van der Waals surface area contributed by atoms with Crippen LogP contribution in [0.2, 0.25) is 0 Å². The van der Waals surface area contributed by atoms with Crippen molar-refractivity contribution in [2.75, 3.05) is 6.54 Å². The van der Waals surface area contributed by atoms with E-state index < -0.39 is 34.3 Å². The van der Waals surface area contributed by atoms with Crippen molar-refractivity contribution in [3.8, 4) is 0 Å². The van der Waals surface area contributed by atoms with E-state index >= 15 is 0 Å². The Morgan fingerprint density at radius 1 is 1.35 bits per heavy atom. The molecule has 1 aromatic heterocycles. The van der Waals surface area contributed by atoms with Crippen LogP contribution in [-0.4, -0.2) is 56.6 Å². The first-order chi connectivity index (χ1) is 12.4. The zero-order valence-corrected chi connectivity index (χ0v) is 14.5. The molecule has 2 unspecified atom stereocenters. The molecular weight excluding hydrogens is 338 g/mol. The third-order valence-corrected chi connectivity index (χ3v) is 5.54. The number of amides is 3. The molecule has 4 atom stereocenters. The fourth-order valence-electron chi connectivity index (χ4n) is 4.27. The molecular formula is C17H24N5O4+. The van der Waals surface area contributed by atoms with Crippen LogP contribution in [-0.2, 0) is 25.6 Å². The van der Waals surface area contributed by atoms with Crippen molar-refractivity contribution in [3.63, 3.8) is 0 Å². The van der Waals surface area contributed by atoms with Gasteiger partial charge in [0.2, 0.25) is 0 Å². The zero-order valence-electron chi connectivity index (χ0n) is 14.5. The third kappa shape index (κ3) is 3.08. The number of nitrogens with one attached hydrogen (secondary N) is 1. The molecule has 1 saturated heterocycles. The van der Waals surface area contributed by atoms with Crippen molar-refractivity contribution in [1.29, 1.82) is 0 Å². The number of imidazole rings is 1. The predicted molar refractivity (Wildman–Crippen MR) is 90.0 cm³/mol. The summed E-state index contributed by atoms with van der Waals surface area (Å²) in [7, 11) is 0. The summed E-state index contributed by atoms with van der Waals surface area (Å²) < 4.78 is -0.650. The number of ketones is 1. The van der Waals surface area contributed by atoms with Gasteiger partial charge in [-0.15, -0.1) is 0 Å². The molecule has 26 heavy (non-hydrogen) atoms. The normalized spacial score (nSPS) is 29.7. The Labute approximate surface area is 150 Å². The Morgan fingerprint density at radius 2 is 2.12 bits per heavy atom. The average molecular weight is 362 g/mol. The Balaban J connectivity index is 1.92. The summed E-state index contributed by atoms with van der Waals surface area (Å²) in [5.41, 5.74) is 12.3. The first-order valence-electron chi connectivity index (χ1n) is 8.86. The highest BCUT2D eigenvalue weighted by molar-refractivity contribution is 5.96. The summed E-state index contributed by atoms with van der Waals surface area (Å²) in [6.45, 7) is 0.201. The number of nitrogens with two attached hydrogens (primary N) is 2. The fourth-order valence-corrected chi connectivity index (χ4v) is 4.27. The summed E-state index contributed by atoms with van der Waals surface area (Å²) in [4.78, 5) is 57.0. The molecule has 0 bridgehead atoms. The summed E-state index contributed by atoms with van der Waals surface area (Å²) in [6.07, 6.45) is 4.97. The summed E-state index contributed by atoms with van der Waals surface area (Å²) >= 11 is 0. The lowest BCUT2D eigenvalue weighted by Gasteiger charge is -2.36. The molecule has 0 spiro atoms. The second kappa shape index (κ2) is 7.08. The van der Waals surface area contributed by atoms with Crippen molar-refractivity contribution in [2.45, 2.75) is 50.6 Å². The van der Waals surface area contributed by atoms with Gasteiger partial charge < -0.3 is 16.5 Å². The SMILES string of the molecule is NC(=O)[C@@H]1CCC[N+]1(C(=O)C1CCC(=O)C1)C(=O)[C@@H](N)Cc1cnc[nH]1. The number of rotatable bonds is 5. The monoisotopic (exact) mass is 362 g/mol. The van der Waals surface area contributed by atoms with Crippen molar-refractivity contribution in [2.24, 2.45) is 17.4 Å². The minimum Gasteiger partial charge on any atom is -0.364 e. The Hall–Kier alpha value is -2.39. The number of Topliss-reactive ketones (excluding diaryl/α,β-unsaturated/α-hetero) is 1. The van der Waals surface area contributed by atoms with Crippen LogP contribution in [0.5, 0.6) is 0 Å². The van der Waals surface area contributed by atoms with Crippen LogP contribution in [0, 0.1) is 5.92 Å². The molecule has 3 amide bonds. The van der Waals surface area contributed by atoms with E-state index in [0.29, 0.717) is 31.4 Å². The molecule has 0 radical (unpaired) electrons. The third-order valence-electron chi connectivity index (χ3n) is 5.54. The first-order valence-corrected chi connectivity index (χ1v) is 8.86. The number of aromatic amines is 1. The minimum atomic E-state index is -0.976. The number of aromatic nitrogens is 2. The number of imide groups is 1. The number of nitrogens with zero attached hydrogens (tertiary/aromatic N) is 2. The van der Waals surface area contributed by atoms with Gasteiger partial charge in [0, 0.05) is 44.0 Å². The molecule has 1 aliphatic carbocycles. The summed E-state index contributed by atoms with van der Waals surface area (Å²) in [5, 5.41) is 0. The second-order valence-corrected chi connectivity index (χ2v) is 7.20. The molecule has 140 valence electrons. The quantitative estimate of drug-likeness (QED) is 0.582. The number of carbonyl (C=O) groups is 4. The van der Waals surface area contributed by atoms with Crippen molar-refractivity contribution >= 4 is 23.5 Å². The van der Waals surface area contributed by atoms with Crippen LogP contribution in [0.15, 0.2) is 12.5 Å². The highest BCUT2D eigenvalue weighted by Crippen LogP contribution is 2.35. The smallest absolute Gasteiger partial charge is 0.338 e. The lowest BCUT2D eigenvalue weighted by atomic mass is 10.00. The molecule has 1 aromatic rings. The van der Waals surface area contributed by atoms with Gasteiger partial charge in [-0.05, 0) is 6.42 Å². The highest BCUT2D eigenvalue weighted by Gasteiger charge is 2.59. The van der Waals surface area contributed by atoms with Crippen molar-refractivity contribution < 1.29 is 23.7 Å². The molecule has 2 heterocycles. The average Bonchev–Trinajstić information content (AvgIpc) is 3.33. The Morgan fingerprint density at radius 3 is 2.69 bits per heavy atom. The lowest BCUT2D eigenvalue weighted by molar-refractivity contribution is -0.784.